The zero-order valence-electron chi connectivity index (χ0n) is 24.0. The molecule has 7 heteroatoms. The summed E-state index contributed by atoms with van der Waals surface area (Å²) in [5.41, 5.74) is 1.10. The van der Waals surface area contributed by atoms with Gasteiger partial charge in [0, 0.05) is 44.0 Å². The van der Waals surface area contributed by atoms with Gasteiger partial charge in [-0.05, 0) is 23.4 Å². The van der Waals surface area contributed by atoms with E-state index < -0.39 is 0 Å². The normalized spacial score (nSPS) is 13.9. The van der Waals surface area contributed by atoms with Crippen molar-refractivity contribution in [2.45, 2.75) is 84.2 Å². The minimum Gasteiger partial charge on any atom is -0.379 e. The van der Waals surface area contributed by atoms with Crippen LogP contribution in [0.1, 0.15) is 81.6 Å². The molecule has 1 aromatic carbocycles. The molecule has 0 saturated carbocycles. The van der Waals surface area contributed by atoms with Gasteiger partial charge in [0.2, 0.25) is 11.8 Å². The quantitative estimate of drug-likeness (QED) is 0.189. The largest absolute Gasteiger partial charge is 0.379 e. The lowest BCUT2D eigenvalue weighted by molar-refractivity contribution is -0.141. The molecule has 1 fully saturated rings. The third-order valence-corrected chi connectivity index (χ3v) is 8.32. The van der Waals surface area contributed by atoms with Crippen LogP contribution in [0.3, 0.4) is 0 Å². The van der Waals surface area contributed by atoms with Crippen LogP contribution >= 0.6 is 11.3 Å². The number of rotatable bonds is 19. The fraction of sp³-hybridized carbons (Fsp3) is 0.625. The highest BCUT2D eigenvalue weighted by Crippen LogP contribution is 2.16. The fourth-order valence-electron chi connectivity index (χ4n) is 5.01. The van der Waals surface area contributed by atoms with Gasteiger partial charge < -0.3 is 14.5 Å². The van der Waals surface area contributed by atoms with E-state index in [2.05, 4.69) is 30.0 Å². The van der Waals surface area contributed by atoms with Crippen LogP contribution < -0.4 is 0 Å². The van der Waals surface area contributed by atoms with Crippen LogP contribution in [0, 0.1) is 0 Å². The number of amides is 2. The van der Waals surface area contributed by atoms with Crippen molar-refractivity contribution >= 4 is 23.2 Å². The van der Waals surface area contributed by atoms with Crippen LogP contribution in [0.25, 0.3) is 0 Å². The molecule has 0 atom stereocenters. The Kier molecular flexibility index (Phi) is 15.2. The van der Waals surface area contributed by atoms with Crippen molar-refractivity contribution in [3.63, 3.8) is 0 Å². The highest BCUT2D eigenvalue weighted by molar-refractivity contribution is 7.09. The van der Waals surface area contributed by atoms with E-state index in [1.54, 1.807) is 11.3 Å². The second-order valence-electron chi connectivity index (χ2n) is 10.7. The van der Waals surface area contributed by atoms with Crippen molar-refractivity contribution in [1.29, 1.82) is 0 Å². The van der Waals surface area contributed by atoms with E-state index in [0.717, 1.165) is 56.1 Å². The predicted octanol–water partition coefficient (Wildman–Crippen LogP) is 6.36. The second-order valence-corrected chi connectivity index (χ2v) is 11.7. The van der Waals surface area contributed by atoms with Crippen LogP contribution in [0.15, 0.2) is 47.8 Å². The summed E-state index contributed by atoms with van der Waals surface area (Å²) in [6, 6.07) is 14.2. The van der Waals surface area contributed by atoms with Gasteiger partial charge in [0.15, 0.2) is 0 Å². The van der Waals surface area contributed by atoms with E-state index in [4.69, 9.17) is 4.74 Å². The Labute approximate surface area is 240 Å². The average Bonchev–Trinajstić information content (AvgIpc) is 3.48. The molecule has 2 heterocycles. The summed E-state index contributed by atoms with van der Waals surface area (Å²) < 4.78 is 5.49. The summed E-state index contributed by atoms with van der Waals surface area (Å²) in [5.74, 6) is 0.116. The number of hydrogen-bond acceptors (Lipinski definition) is 5. The third kappa shape index (κ3) is 12.7. The minimum atomic E-state index is 0.00894. The lowest BCUT2D eigenvalue weighted by Crippen LogP contribution is -2.47. The predicted molar refractivity (Wildman–Crippen MR) is 161 cm³/mol. The smallest absolute Gasteiger partial charge is 0.242 e. The molecule has 0 bridgehead atoms. The number of nitrogens with zero attached hydrogens (tertiary/aromatic N) is 3. The molecule has 1 aliphatic rings. The highest BCUT2D eigenvalue weighted by atomic mass is 32.1. The molecule has 216 valence electrons. The van der Waals surface area contributed by atoms with Gasteiger partial charge in [-0.15, -0.1) is 11.3 Å². The molecule has 0 radical (unpaired) electrons. The first kappa shape index (κ1) is 31.3. The van der Waals surface area contributed by atoms with Gasteiger partial charge in [0.25, 0.3) is 0 Å². The van der Waals surface area contributed by atoms with Crippen molar-refractivity contribution in [2.24, 2.45) is 0 Å². The molecule has 39 heavy (non-hydrogen) atoms. The second kappa shape index (κ2) is 19.0. The van der Waals surface area contributed by atoms with Gasteiger partial charge in [-0.2, -0.15) is 0 Å². The molecule has 0 N–H and O–H groups in total. The van der Waals surface area contributed by atoms with Crippen molar-refractivity contribution in [3.8, 4) is 0 Å². The third-order valence-electron chi connectivity index (χ3n) is 7.46. The molecule has 0 unspecified atom stereocenters. The maximum Gasteiger partial charge on any atom is 0.242 e. The number of carbonyl (C=O) groups excluding carboxylic acids is 2. The first-order chi connectivity index (χ1) is 19.2. The molecule has 2 aromatic rings. The molecule has 1 aromatic heterocycles. The van der Waals surface area contributed by atoms with Gasteiger partial charge in [-0.25, -0.2) is 0 Å². The van der Waals surface area contributed by atoms with E-state index in [-0.39, 0.29) is 18.4 Å². The topological polar surface area (TPSA) is 53.1 Å². The maximum absolute atomic E-state index is 13.7. The van der Waals surface area contributed by atoms with E-state index >= 15 is 0 Å². The number of carbonyl (C=O) groups is 2. The number of morpholine rings is 1. The van der Waals surface area contributed by atoms with E-state index in [1.165, 1.54) is 44.9 Å². The molecular weight excluding hydrogens is 506 g/mol. The Morgan fingerprint density at radius 1 is 0.821 bits per heavy atom. The summed E-state index contributed by atoms with van der Waals surface area (Å²) >= 11 is 1.66. The molecule has 2 amide bonds. The monoisotopic (exact) mass is 555 g/mol. The summed E-state index contributed by atoms with van der Waals surface area (Å²) in [6.07, 6.45) is 11.6. The Morgan fingerprint density at radius 2 is 1.51 bits per heavy atom. The maximum atomic E-state index is 13.7. The summed E-state index contributed by atoms with van der Waals surface area (Å²) in [4.78, 5) is 34.2. The number of benzene rings is 1. The van der Waals surface area contributed by atoms with Crippen LogP contribution in [-0.2, 0) is 27.4 Å². The van der Waals surface area contributed by atoms with Crippen molar-refractivity contribution in [1.82, 2.24) is 14.7 Å². The van der Waals surface area contributed by atoms with Crippen molar-refractivity contribution in [3.05, 3.63) is 58.3 Å². The number of ether oxygens (including phenoxy) is 1. The van der Waals surface area contributed by atoms with Gasteiger partial charge in [0.05, 0.1) is 26.3 Å². The lowest BCUT2D eigenvalue weighted by Gasteiger charge is -2.31. The molecule has 6 nitrogen and oxygen atoms in total. The van der Waals surface area contributed by atoms with Gasteiger partial charge >= 0.3 is 0 Å². The Bertz CT molecular complexity index is 916. The molecule has 3 rings (SSSR count). The van der Waals surface area contributed by atoms with Crippen LogP contribution in [0.4, 0.5) is 0 Å². The van der Waals surface area contributed by atoms with E-state index in [0.29, 0.717) is 26.1 Å². The summed E-state index contributed by atoms with van der Waals surface area (Å²) in [6.45, 7) is 8.09. The van der Waals surface area contributed by atoms with Gasteiger partial charge in [-0.1, -0.05) is 94.7 Å². The minimum absolute atomic E-state index is 0.00894. The standard InChI is InChI=1S/C32H49N3O3S/c1-2-3-4-5-6-7-8-9-13-18-31(36)34(20-19-33-21-23-38-24-22-33)28-32(37)35(27-30-17-14-25-39-30)26-29-15-11-10-12-16-29/h10-12,14-17,25H,2-9,13,18-24,26-28H2,1H3. The van der Waals surface area contributed by atoms with Crippen LogP contribution in [-0.4, -0.2) is 72.5 Å². The van der Waals surface area contributed by atoms with Gasteiger partial charge in [0.1, 0.15) is 0 Å². The Morgan fingerprint density at radius 3 is 2.18 bits per heavy atom. The summed E-state index contributed by atoms with van der Waals surface area (Å²) in [7, 11) is 0. The molecule has 0 spiro atoms. The zero-order chi connectivity index (χ0) is 27.5. The number of hydrogen-bond donors (Lipinski definition) is 0. The number of unbranched alkanes of at least 4 members (excludes halogenated alkanes) is 8. The fourth-order valence-corrected chi connectivity index (χ4v) is 5.73. The molecule has 1 saturated heterocycles. The zero-order valence-corrected chi connectivity index (χ0v) is 24.8. The lowest BCUT2D eigenvalue weighted by atomic mass is 10.1. The molecule has 0 aliphatic carbocycles. The average molecular weight is 556 g/mol. The van der Waals surface area contributed by atoms with E-state index in [9.17, 15) is 9.59 Å². The SMILES string of the molecule is CCCCCCCCCCCC(=O)N(CCN1CCOCC1)CC(=O)N(Cc1ccccc1)Cc1cccs1. The molecular formula is C32H49N3O3S. The van der Waals surface area contributed by atoms with Crippen molar-refractivity contribution in [2.75, 3.05) is 45.9 Å². The van der Waals surface area contributed by atoms with E-state index in [1.807, 2.05) is 39.4 Å². The van der Waals surface area contributed by atoms with Gasteiger partial charge in [-0.3, -0.25) is 14.5 Å². The highest BCUT2D eigenvalue weighted by Gasteiger charge is 2.23. The summed E-state index contributed by atoms with van der Waals surface area (Å²) in [5, 5.41) is 2.05. The Hall–Kier alpha value is -2.22. The van der Waals surface area contributed by atoms with Crippen LogP contribution in [0.5, 0.6) is 0 Å². The Balaban J connectivity index is 1.55. The first-order valence-electron chi connectivity index (χ1n) is 15.1. The molecule has 1 aliphatic heterocycles. The first-order valence-corrected chi connectivity index (χ1v) is 16.0. The van der Waals surface area contributed by atoms with Crippen molar-refractivity contribution < 1.29 is 14.3 Å². The number of thiophene rings is 1. The van der Waals surface area contributed by atoms with Crippen LogP contribution in [0.2, 0.25) is 0 Å².